The van der Waals surface area contributed by atoms with E-state index in [0.29, 0.717) is 13.0 Å². The fourth-order valence-electron chi connectivity index (χ4n) is 0.975. The molecule has 0 saturated carbocycles. The van der Waals surface area contributed by atoms with Crippen molar-refractivity contribution in [2.24, 2.45) is 0 Å². The number of phenolic OH excluding ortho intramolecular Hbond substituents is 1. The summed E-state index contributed by atoms with van der Waals surface area (Å²) in [6.45, 7) is 1.77. The molecule has 0 aliphatic carbocycles. The number of halogens is 3. The van der Waals surface area contributed by atoms with E-state index in [1.807, 2.05) is 0 Å². The minimum atomic E-state index is -5.84. The minimum Gasteiger partial charge on any atom is -0.508 e. The zero-order chi connectivity index (χ0) is 16.7. The Hall–Kier alpha value is -1.81. The zero-order valence-corrected chi connectivity index (χ0v) is 11.6. The molecule has 0 aliphatic heterocycles. The lowest BCUT2D eigenvalue weighted by atomic mass is 10.1. The number of rotatable bonds is 3. The lowest BCUT2D eigenvalue weighted by molar-refractivity contribution is -0.140. The first-order valence-corrected chi connectivity index (χ1v) is 6.82. The Morgan fingerprint density at radius 3 is 2.00 bits per heavy atom. The summed E-state index contributed by atoms with van der Waals surface area (Å²) in [5, 5.41) is 8.98. The summed E-state index contributed by atoms with van der Waals surface area (Å²) in [5.74, 6) is -0.0185. The van der Waals surface area contributed by atoms with Crippen LogP contribution in [0.4, 0.5) is 13.2 Å². The molecule has 6 nitrogen and oxygen atoms in total. The number of hydrogen-bond donors (Lipinski definition) is 2. The van der Waals surface area contributed by atoms with E-state index < -0.39 is 15.6 Å². The minimum absolute atomic E-state index is 0.247. The van der Waals surface area contributed by atoms with Gasteiger partial charge in [-0.05, 0) is 17.7 Å². The van der Waals surface area contributed by atoms with E-state index in [1.165, 1.54) is 6.92 Å². The Balaban J connectivity index is 0.000000433. The molecule has 1 rings (SSSR count). The van der Waals surface area contributed by atoms with Crippen molar-refractivity contribution < 1.29 is 40.8 Å². The number of carbonyl (C=O) groups excluding carboxylic acids is 1. The van der Waals surface area contributed by atoms with Gasteiger partial charge in [-0.1, -0.05) is 12.1 Å². The Kier molecular flexibility index (Phi) is 7.16. The number of carbonyl (C=O) groups is 1. The van der Waals surface area contributed by atoms with Gasteiger partial charge in [-0.3, -0.25) is 9.35 Å². The molecular weight excluding hydrogens is 317 g/mol. The van der Waals surface area contributed by atoms with Crippen LogP contribution in [0.5, 0.6) is 5.75 Å². The van der Waals surface area contributed by atoms with Crippen molar-refractivity contribution in [3.8, 4) is 5.75 Å². The van der Waals surface area contributed by atoms with Crippen LogP contribution < -0.4 is 0 Å². The number of phenols is 1. The van der Waals surface area contributed by atoms with Crippen molar-refractivity contribution in [2.75, 3.05) is 6.61 Å². The fraction of sp³-hybridized carbons (Fsp3) is 0.364. The van der Waals surface area contributed by atoms with Crippen LogP contribution in [0, 0.1) is 0 Å². The quantitative estimate of drug-likeness (QED) is 0.499. The first-order chi connectivity index (χ1) is 9.43. The highest BCUT2D eigenvalue weighted by Gasteiger charge is 2.44. The third-order valence-electron chi connectivity index (χ3n) is 1.92. The number of alkyl halides is 3. The third kappa shape index (κ3) is 8.87. The van der Waals surface area contributed by atoms with Crippen LogP contribution in [0.3, 0.4) is 0 Å². The molecule has 2 N–H and O–H groups in total. The second kappa shape index (κ2) is 7.84. The van der Waals surface area contributed by atoms with Gasteiger partial charge in [-0.15, -0.1) is 0 Å². The molecule has 0 atom stereocenters. The van der Waals surface area contributed by atoms with E-state index in [2.05, 4.69) is 0 Å². The molecule has 0 amide bonds. The van der Waals surface area contributed by atoms with Crippen LogP contribution >= 0.6 is 0 Å². The van der Waals surface area contributed by atoms with Gasteiger partial charge in [-0.25, -0.2) is 0 Å². The summed E-state index contributed by atoms with van der Waals surface area (Å²) in [7, 11) is -5.84. The first-order valence-electron chi connectivity index (χ1n) is 5.38. The molecule has 0 fully saturated rings. The number of benzene rings is 1. The summed E-state index contributed by atoms with van der Waals surface area (Å²) in [5.41, 5.74) is -4.49. The van der Waals surface area contributed by atoms with Crippen LogP contribution in [0.15, 0.2) is 24.3 Å². The second-order valence-corrected chi connectivity index (χ2v) is 5.09. The van der Waals surface area contributed by atoms with Gasteiger partial charge in [0.15, 0.2) is 0 Å². The molecule has 0 radical (unpaired) electrons. The largest absolute Gasteiger partial charge is 0.522 e. The highest BCUT2D eigenvalue weighted by Crippen LogP contribution is 2.20. The maximum Gasteiger partial charge on any atom is 0.522 e. The van der Waals surface area contributed by atoms with Gasteiger partial charge in [0.25, 0.3) is 0 Å². The van der Waals surface area contributed by atoms with Crippen LogP contribution in [-0.4, -0.2) is 36.2 Å². The number of esters is 1. The average molecular weight is 330 g/mol. The van der Waals surface area contributed by atoms with Gasteiger partial charge in [0.1, 0.15) is 5.75 Å². The smallest absolute Gasteiger partial charge is 0.508 e. The van der Waals surface area contributed by atoms with E-state index >= 15 is 0 Å². The van der Waals surface area contributed by atoms with Crippen molar-refractivity contribution in [1.29, 1.82) is 0 Å². The summed E-state index contributed by atoms with van der Waals surface area (Å²) in [6, 6.07) is 6.84. The Morgan fingerprint density at radius 2 is 1.67 bits per heavy atom. The van der Waals surface area contributed by atoms with Gasteiger partial charge in [-0.2, -0.15) is 21.6 Å². The predicted molar refractivity (Wildman–Crippen MR) is 66.0 cm³/mol. The average Bonchev–Trinajstić information content (AvgIpc) is 2.29. The molecule has 0 saturated heterocycles. The van der Waals surface area contributed by atoms with Gasteiger partial charge >= 0.3 is 21.6 Å². The van der Waals surface area contributed by atoms with Crippen molar-refractivity contribution in [1.82, 2.24) is 0 Å². The molecule has 1 aromatic carbocycles. The number of ether oxygens (including phenoxy) is 1. The van der Waals surface area contributed by atoms with Gasteiger partial charge in [0, 0.05) is 13.3 Å². The maximum atomic E-state index is 10.7. The summed E-state index contributed by atoms with van der Waals surface area (Å²) >= 11 is 0. The highest BCUT2D eigenvalue weighted by molar-refractivity contribution is 7.86. The van der Waals surface area contributed by atoms with E-state index in [4.69, 9.17) is 22.8 Å². The molecule has 120 valence electrons. The topological polar surface area (TPSA) is 101 Å². The van der Waals surface area contributed by atoms with Gasteiger partial charge in [0.2, 0.25) is 0 Å². The Bertz CT molecular complexity index is 550. The SMILES string of the molecule is CC(=O)OCCc1ccc(O)cc1.O=S(=O)(O)C(F)(F)F. The zero-order valence-electron chi connectivity index (χ0n) is 10.8. The molecule has 0 aliphatic rings. The summed E-state index contributed by atoms with van der Waals surface area (Å²) < 4.78 is 62.3. The van der Waals surface area contributed by atoms with Crippen LogP contribution in [0.25, 0.3) is 0 Å². The second-order valence-electron chi connectivity index (χ2n) is 3.68. The normalized spacial score (nSPS) is 11.3. The monoisotopic (exact) mass is 330 g/mol. The number of hydrogen-bond acceptors (Lipinski definition) is 5. The molecular formula is C11H13F3O6S. The van der Waals surface area contributed by atoms with Crippen LogP contribution in [0.1, 0.15) is 12.5 Å². The van der Waals surface area contributed by atoms with Crippen molar-refractivity contribution >= 4 is 16.1 Å². The Labute approximate surface area is 118 Å². The number of aromatic hydroxyl groups is 1. The van der Waals surface area contributed by atoms with Crippen LogP contribution in [-0.2, 0) is 26.1 Å². The van der Waals surface area contributed by atoms with Gasteiger partial charge < -0.3 is 9.84 Å². The maximum absolute atomic E-state index is 10.7. The van der Waals surface area contributed by atoms with Crippen molar-refractivity contribution in [3.63, 3.8) is 0 Å². The van der Waals surface area contributed by atoms with Gasteiger partial charge in [0.05, 0.1) is 6.61 Å². The molecule has 21 heavy (non-hydrogen) atoms. The molecule has 0 bridgehead atoms. The molecule has 0 heterocycles. The predicted octanol–water partition coefficient (Wildman–Crippen LogP) is 1.89. The van der Waals surface area contributed by atoms with Crippen molar-refractivity contribution in [2.45, 2.75) is 18.9 Å². The lowest BCUT2D eigenvalue weighted by Gasteiger charge is -2.01. The molecule has 0 unspecified atom stereocenters. The molecule has 10 heteroatoms. The van der Waals surface area contributed by atoms with Crippen molar-refractivity contribution in [3.05, 3.63) is 29.8 Å². The molecule has 1 aromatic rings. The standard InChI is InChI=1S/C10H12O3.CHF3O3S/c1-8(11)13-7-6-9-2-4-10(12)5-3-9;2-1(3,4)8(5,6)7/h2-5,12H,6-7H2,1H3;(H,5,6,7). The molecule has 0 aromatic heterocycles. The highest BCUT2D eigenvalue weighted by atomic mass is 32.2. The first kappa shape index (κ1) is 19.2. The van der Waals surface area contributed by atoms with E-state index in [9.17, 15) is 18.0 Å². The fourth-order valence-corrected chi connectivity index (χ4v) is 0.975. The van der Waals surface area contributed by atoms with E-state index in [1.54, 1.807) is 24.3 Å². The van der Waals surface area contributed by atoms with E-state index in [0.717, 1.165) is 5.56 Å². The third-order valence-corrected chi connectivity index (χ3v) is 2.51. The molecule has 0 spiro atoms. The summed E-state index contributed by atoms with van der Waals surface area (Å²) in [4.78, 5) is 10.4. The lowest BCUT2D eigenvalue weighted by Crippen LogP contribution is -2.21. The van der Waals surface area contributed by atoms with Crippen LogP contribution in [0.2, 0.25) is 0 Å². The van der Waals surface area contributed by atoms with E-state index in [-0.39, 0.29) is 11.7 Å². The Morgan fingerprint density at radius 1 is 1.24 bits per heavy atom. The summed E-state index contributed by atoms with van der Waals surface area (Å²) in [6.07, 6.45) is 0.680.